The zero-order chi connectivity index (χ0) is 11.2. The van der Waals surface area contributed by atoms with Crippen LogP contribution in [0.15, 0.2) is 0 Å². The topological polar surface area (TPSA) is 12.0 Å². The molecule has 0 spiro atoms. The highest BCUT2D eigenvalue weighted by atomic mass is 14.8. The minimum Gasteiger partial charge on any atom is -0.316 e. The third kappa shape index (κ3) is 17.9. The van der Waals surface area contributed by atoms with Gasteiger partial charge >= 0.3 is 0 Å². The van der Waals surface area contributed by atoms with Crippen molar-refractivity contribution < 1.29 is 0 Å². The summed E-state index contributed by atoms with van der Waals surface area (Å²) in [5.41, 5.74) is 0. The zero-order valence-electron chi connectivity index (χ0n) is 11.0. The van der Waals surface area contributed by atoms with E-state index in [2.05, 4.69) is 26.1 Å². The second kappa shape index (κ2) is 15.4. The van der Waals surface area contributed by atoms with Gasteiger partial charge in [0, 0.05) is 0 Å². The van der Waals surface area contributed by atoms with Crippen LogP contribution in [0.5, 0.6) is 0 Å². The Labute approximate surface area is 91.7 Å². The second-order valence-corrected chi connectivity index (χ2v) is 4.01. The van der Waals surface area contributed by atoms with Gasteiger partial charge in [0.05, 0.1) is 0 Å². The Morgan fingerprint density at radius 2 is 1.50 bits per heavy atom. The molecule has 0 saturated heterocycles. The highest BCUT2D eigenvalue weighted by Crippen LogP contribution is 2.01. The molecular formula is C13H31N. The Morgan fingerprint density at radius 3 is 2.00 bits per heavy atom. The van der Waals surface area contributed by atoms with Crippen LogP contribution < -0.4 is 5.32 Å². The summed E-state index contributed by atoms with van der Waals surface area (Å²) in [6, 6.07) is 0. The molecule has 0 saturated carbocycles. The smallest absolute Gasteiger partial charge is 0.00258 e. The normalized spacial score (nSPS) is 9.86. The molecule has 0 aliphatic rings. The highest BCUT2D eigenvalue weighted by Gasteiger charge is 1.92. The van der Waals surface area contributed by atoms with Gasteiger partial charge in [-0.05, 0) is 25.4 Å². The molecule has 0 aromatic rings. The molecule has 88 valence electrons. The van der Waals surface area contributed by atoms with E-state index in [1.807, 2.05) is 13.8 Å². The monoisotopic (exact) mass is 201 g/mol. The third-order valence-electron chi connectivity index (χ3n) is 2.01. The number of hydrogen-bond acceptors (Lipinski definition) is 1. The number of nitrogens with one attached hydrogen (secondary N) is 1. The molecule has 0 heterocycles. The molecule has 0 aromatic carbocycles. The van der Waals surface area contributed by atoms with Crippen molar-refractivity contribution in [3.63, 3.8) is 0 Å². The van der Waals surface area contributed by atoms with Crippen molar-refractivity contribution in [2.75, 3.05) is 13.1 Å². The van der Waals surface area contributed by atoms with Crippen LogP contribution in [0.25, 0.3) is 0 Å². The van der Waals surface area contributed by atoms with E-state index in [-0.39, 0.29) is 0 Å². The summed E-state index contributed by atoms with van der Waals surface area (Å²) >= 11 is 0. The average molecular weight is 201 g/mol. The van der Waals surface area contributed by atoms with Gasteiger partial charge in [0.1, 0.15) is 0 Å². The molecule has 0 aromatic heterocycles. The largest absolute Gasteiger partial charge is 0.316 e. The number of unbranched alkanes of at least 4 members (excludes halogenated alkanes) is 4. The summed E-state index contributed by atoms with van der Waals surface area (Å²) in [5.74, 6) is 0.792. The number of rotatable bonds is 8. The maximum absolute atomic E-state index is 3.46. The molecule has 0 amide bonds. The summed E-state index contributed by atoms with van der Waals surface area (Å²) in [5, 5.41) is 3.46. The van der Waals surface area contributed by atoms with Crippen molar-refractivity contribution in [2.45, 2.75) is 66.7 Å². The van der Waals surface area contributed by atoms with Crippen LogP contribution in [-0.2, 0) is 0 Å². The quantitative estimate of drug-likeness (QED) is 0.580. The van der Waals surface area contributed by atoms with Gasteiger partial charge in [-0.3, -0.25) is 0 Å². The predicted molar refractivity (Wildman–Crippen MR) is 67.8 cm³/mol. The van der Waals surface area contributed by atoms with Crippen molar-refractivity contribution >= 4 is 0 Å². The van der Waals surface area contributed by atoms with E-state index >= 15 is 0 Å². The van der Waals surface area contributed by atoms with Crippen LogP contribution in [0.1, 0.15) is 66.7 Å². The number of hydrogen-bond donors (Lipinski definition) is 1. The molecule has 0 radical (unpaired) electrons. The van der Waals surface area contributed by atoms with E-state index < -0.39 is 0 Å². The molecule has 0 fully saturated rings. The fourth-order valence-corrected chi connectivity index (χ4v) is 1.24. The van der Waals surface area contributed by atoms with E-state index in [4.69, 9.17) is 0 Å². The molecule has 1 heteroatoms. The first-order valence-electron chi connectivity index (χ1n) is 6.48. The highest BCUT2D eigenvalue weighted by molar-refractivity contribution is 4.51. The molecule has 14 heavy (non-hydrogen) atoms. The van der Waals surface area contributed by atoms with Crippen molar-refractivity contribution in [3.05, 3.63) is 0 Å². The van der Waals surface area contributed by atoms with Gasteiger partial charge in [0.15, 0.2) is 0 Å². The SMILES string of the molecule is CC.CCCCCCCNCC(C)C. The summed E-state index contributed by atoms with van der Waals surface area (Å²) in [7, 11) is 0. The lowest BCUT2D eigenvalue weighted by Gasteiger charge is -2.06. The van der Waals surface area contributed by atoms with Gasteiger partial charge < -0.3 is 5.32 Å². The van der Waals surface area contributed by atoms with E-state index in [1.54, 1.807) is 0 Å². The lowest BCUT2D eigenvalue weighted by Crippen LogP contribution is -2.20. The van der Waals surface area contributed by atoms with Crippen molar-refractivity contribution in [2.24, 2.45) is 5.92 Å². The van der Waals surface area contributed by atoms with Gasteiger partial charge in [0.25, 0.3) is 0 Å². The first-order valence-corrected chi connectivity index (χ1v) is 6.48. The Kier molecular flexibility index (Phi) is 18.1. The van der Waals surface area contributed by atoms with E-state index in [9.17, 15) is 0 Å². The Morgan fingerprint density at radius 1 is 0.929 bits per heavy atom. The zero-order valence-corrected chi connectivity index (χ0v) is 11.0. The van der Waals surface area contributed by atoms with Crippen LogP contribution in [0.2, 0.25) is 0 Å². The van der Waals surface area contributed by atoms with Crippen LogP contribution in [0, 0.1) is 5.92 Å². The van der Waals surface area contributed by atoms with Gasteiger partial charge in [-0.2, -0.15) is 0 Å². The summed E-state index contributed by atoms with van der Waals surface area (Å²) in [6.45, 7) is 13.2. The predicted octanol–water partition coefficient (Wildman–Crippen LogP) is 4.23. The minimum atomic E-state index is 0.792. The molecule has 0 rings (SSSR count). The van der Waals surface area contributed by atoms with Gasteiger partial charge in [0.2, 0.25) is 0 Å². The molecule has 0 aliphatic carbocycles. The maximum atomic E-state index is 3.46. The van der Waals surface area contributed by atoms with Crippen molar-refractivity contribution in [1.29, 1.82) is 0 Å². The summed E-state index contributed by atoms with van der Waals surface area (Å²) < 4.78 is 0. The Bertz CT molecular complexity index is 79.3. The summed E-state index contributed by atoms with van der Waals surface area (Å²) in [4.78, 5) is 0. The molecule has 0 atom stereocenters. The average Bonchev–Trinajstić information content (AvgIpc) is 2.19. The van der Waals surface area contributed by atoms with Crippen LogP contribution >= 0.6 is 0 Å². The fourth-order valence-electron chi connectivity index (χ4n) is 1.24. The van der Waals surface area contributed by atoms with Gasteiger partial charge in [-0.1, -0.05) is 60.3 Å². The molecule has 1 nitrogen and oxygen atoms in total. The minimum absolute atomic E-state index is 0.792. The standard InChI is InChI=1S/C11H25N.C2H6/c1-4-5-6-7-8-9-12-10-11(2)3;1-2/h11-12H,4-10H2,1-3H3;1-2H3. The van der Waals surface area contributed by atoms with Crippen molar-refractivity contribution in [1.82, 2.24) is 5.32 Å². The lowest BCUT2D eigenvalue weighted by molar-refractivity contribution is 0.525. The Balaban J connectivity index is 0. The van der Waals surface area contributed by atoms with E-state index in [1.165, 1.54) is 45.2 Å². The second-order valence-electron chi connectivity index (χ2n) is 4.01. The van der Waals surface area contributed by atoms with E-state index in [0.29, 0.717) is 0 Å². The first-order chi connectivity index (χ1) is 6.77. The lowest BCUT2D eigenvalue weighted by atomic mass is 10.1. The van der Waals surface area contributed by atoms with Gasteiger partial charge in [-0.15, -0.1) is 0 Å². The van der Waals surface area contributed by atoms with Crippen LogP contribution in [0.4, 0.5) is 0 Å². The molecule has 1 N–H and O–H groups in total. The molecule has 0 aliphatic heterocycles. The summed E-state index contributed by atoms with van der Waals surface area (Å²) in [6.07, 6.45) is 6.93. The molecule has 0 unspecified atom stereocenters. The third-order valence-corrected chi connectivity index (χ3v) is 2.01. The van der Waals surface area contributed by atoms with Crippen molar-refractivity contribution in [3.8, 4) is 0 Å². The molecule has 0 bridgehead atoms. The maximum Gasteiger partial charge on any atom is -0.00258 e. The van der Waals surface area contributed by atoms with Crippen LogP contribution in [-0.4, -0.2) is 13.1 Å². The van der Waals surface area contributed by atoms with E-state index in [0.717, 1.165) is 5.92 Å². The first kappa shape index (κ1) is 16.4. The Hall–Kier alpha value is -0.0400. The van der Waals surface area contributed by atoms with Crippen LogP contribution in [0.3, 0.4) is 0 Å². The molecular weight excluding hydrogens is 170 g/mol. The van der Waals surface area contributed by atoms with Gasteiger partial charge in [-0.25, -0.2) is 0 Å². The fraction of sp³-hybridized carbons (Fsp3) is 1.00.